The monoisotopic (exact) mass is 315 g/mol. The summed E-state index contributed by atoms with van der Waals surface area (Å²) in [6.07, 6.45) is 0. The van der Waals surface area contributed by atoms with Crippen molar-refractivity contribution in [2.24, 2.45) is 0 Å². The molecule has 0 aromatic heterocycles. The molecule has 24 heavy (non-hydrogen) atoms. The number of methoxy groups -OCH3 is 1. The van der Waals surface area contributed by atoms with Crippen LogP contribution in [0.15, 0.2) is 77.6 Å². The number of hydrogen-bond donors (Lipinski definition) is 0. The van der Waals surface area contributed by atoms with E-state index in [-0.39, 0.29) is 5.43 Å². The Bertz CT molecular complexity index is 1030. The van der Waals surface area contributed by atoms with Gasteiger partial charge in [0.25, 0.3) is 0 Å². The molecule has 0 saturated carbocycles. The molecule has 4 rings (SSSR count). The maximum Gasteiger partial charge on any atom is 0.202 e. The van der Waals surface area contributed by atoms with Gasteiger partial charge in [-0.05, 0) is 23.8 Å². The van der Waals surface area contributed by atoms with E-state index in [1.165, 1.54) is 0 Å². The molecule has 2 aromatic rings. The van der Waals surface area contributed by atoms with Crippen LogP contribution in [0.5, 0.6) is 5.88 Å². The highest BCUT2D eigenvalue weighted by molar-refractivity contribution is 5.99. The smallest absolute Gasteiger partial charge is 0.202 e. The normalized spacial score (nSPS) is 11.0. The SMILES string of the molecule is COc1c2ccccc2c2c(=O)cccc-2n1Cc1ccccc1. The summed E-state index contributed by atoms with van der Waals surface area (Å²) in [5, 5.41) is 1.88. The van der Waals surface area contributed by atoms with Gasteiger partial charge in [0.1, 0.15) is 0 Å². The number of benzene rings is 3. The zero-order valence-corrected chi connectivity index (χ0v) is 13.4. The van der Waals surface area contributed by atoms with Gasteiger partial charge in [-0.1, -0.05) is 54.6 Å². The van der Waals surface area contributed by atoms with Crippen molar-refractivity contribution >= 4 is 10.8 Å². The van der Waals surface area contributed by atoms with Crippen molar-refractivity contribution in [1.29, 1.82) is 0 Å². The summed E-state index contributed by atoms with van der Waals surface area (Å²) >= 11 is 0. The molecule has 0 unspecified atom stereocenters. The van der Waals surface area contributed by atoms with Crippen molar-refractivity contribution in [2.75, 3.05) is 7.11 Å². The molecular weight excluding hydrogens is 298 g/mol. The highest BCUT2D eigenvalue weighted by atomic mass is 16.5. The fourth-order valence-corrected chi connectivity index (χ4v) is 3.30. The quantitative estimate of drug-likeness (QED) is 0.532. The van der Waals surface area contributed by atoms with Crippen LogP contribution in [0.4, 0.5) is 0 Å². The number of pyridine rings is 1. The molecule has 0 atom stereocenters. The van der Waals surface area contributed by atoms with E-state index in [2.05, 4.69) is 16.7 Å². The minimum absolute atomic E-state index is 0.0353. The maximum atomic E-state index is 12.5. The van der Waals surface area contributed by atoms with E-state index in [4.69, 9.17) is 4.74 Å². The first-order chi connectivity index (χ1) is 11.8. The first kappa shape index (κ1) is 14.5. The lowest BCUT2D eigenvalue weighted by molar-refractivity contribution is 0.380. The molecule has 118 valence electrons. The van der Waals surface area contributed by atoms with E-state index in [9.17, 15) is 4.79 Å². The van der Waals surface area contributed by atoms with Crippen LogP contribution < -0.4 is 10.2 Å². The number of hydrogen-bond acceptors (Lipinski definition) is 2. The average Bonchev–Trinajstić information content (AvgIpc) is 2.63. The first-order valence-electron chi connectivity index (χ1n) is 7.92. The first-order valence-corrected chi connectivity index (χ1v) is 7.92. The van der Waals surface area contributed by atoms with Crippen LogP contribution in [-0.2, 0) is 6.54 Å². The van der Waals surface area contributed by atoms with E-state index < -0.39 is 0 Å². The summed E-state index contributed by atoms with van der Waals surface area (Å²) in [4.78, 5) is 12.5. The van der Waals surface area contributed by atoms with Gasteiger partial charge < -0.3 is 9.30 Å². The molecule has 0 amide bonds. The lowest BCUT2D eigenvalue weighted by atomic mass is 9.99. The van der Waals surface area contributed by atoms with Gasteiger partial charge in [0, 0.05) is 10.8 Å². The predicted molar refractivity (Wildman–Crippen MR) is 96.9 cm³/mol. The van der Waals surface area contributed by atoms with Crippen molar-refractivity contribution in [1.82, 2.24) is 4.57 Å². The van der Waals surface area contributed by atoms with Gasteiger partial charge in [0.05, 0.1) is 24.9 Å². The Kier molecular flexibility index (Phi) is 3.54. The third kappa shape index (κ3) is 2.26. The fourth-order valence-electron chi connectivity index (χ4n) is 3.30. The Morgan fingerprint density at radius 1 is 0.833 bits per heavy atom. The van der Waals surface area contributed by atoms with Crippen molar-refractivity contribution < 1.29 is 4.74 Å². The van der Waals surface area contributed by atoms with E-state index in [0.29, 0.717) is 6.54 Å². The zero-order chi connectivity index (χ0) is 16.5. The minimum atomic E-state index is 0.0353. The zero-order valence-electron chi connectivity index (χ0n) is 13.4. The van der Waals surface area contributed by atoms with Crippen molar-refractivity contribution in [3.05, 3.63) is 88.6 Å². The van der Waals surface area contributed by atoms with Crippen LogP contribution in [0.2, 0.25) is 0 Å². The van der Waals surface area contributed by atoms with Gasteiger partial charge in [-0.15, -0.1) is 0 Å². The minimum Gasteiger partial charge on any atom is -0.482 e. The van der Waals surface area contributed by atoms with Crippen LogP contribution in [0.3, 0.4) is 0 Å². The Balaban J connectivity index is 2.10. The molecule has 0 fully saturated rings. The second-order valence-electron chi connectivity index (χ2n) is 5.78. The summed E-state index contributed by atoms with van der Waals surface area (Å²) in [6.45, 7) is 0.648. The number of aromatic nitrogens is 1. The van der Waals surface area contributed by atoms with Gasteiger partial charge in [0.2, 0.25) is 5.88 Å². The van der Waals surface area contributed by atoms with Crippen LogP contribution in [-0.4, -0.2) is 11.7 Å². The predicted octanol–water partition coefficient (Wildman–Crippen LogP) is 4.16. The molecule has 3 nitrogen and oxygen atoms in total. The molecule has 2 aromatic carbocycles. The summed E-state index contributed by atoms with van der Waals surface area (Å²) in [6, 6.07) is 23.5. The van der Waals surface area contributed by atoms with Gasteiger partial charge in [-0.3, -0.25) is 4.79 Å². The largest absolute Gasteiger partial charge is 0.482 e. The Hall–Kier alpha value is -3.07. The van der Waals surface area contributed by atoms with Crippen LogP contribution >= 0.6 is 0 Å². The average molecular weight is 315 g/mol. The van der Waals surface area contributed by atoms with Crippen LogP contribution in [0, 0.1) is 0 Å². The van der Waals surface area contributed by atoms with Gasteiger partial charge >= 0.3 is 0 Å². The third-order valence-corrected chi connectivity index (χ3v) is 4.34. The summed E-state index contributed by atoms with van der Waals surface area (Å²) in [5.74, 6) is 0.771. The second-order valence-corrected chi connectivity index (χ2v) is 5.78. The molecule has 1 aliphatic carbocycles. The molecule has 1 aliphatic heterocycles. The number of nitrogens with zero attached hydrogens (tertiary/aromatic N) is 1. The molecule has 0 spiro atoms. The summed E-state index contributed by atoms with van der Waals surface area (Å²) in [7, 11) is 1.68. The molecule has 0 radical (unpaired) electrons. The highest BCUT2D eigenvalue weighted by Crippen LogP contribution is 2.36. The molecule has 0 N–H and O–H groups in total. The van der Waals surface area contributed by atoms with E-state index in [0.717, 1.165) is 33.5 Å². The van der Waals surface area contributed by atoms with E-state index in [1.807, 2.05) is 48.5 Å². The topological polar surface area (TPSA) is 31.2 Å². The van der Waals surface area contributed by atoms with Crippen molar-refractivity contribution in [3.8, 4) is 17.1 Å². The Morgan fingerprint density at radius 3 is 2.29 bits per heavy atom. The van der Waals surface area contributed by atoms with Gasteiger partial charge in [-0.2, -0.15) is 0 Å². The molecule has 0 bridgehead atoms. The maximum absolute atomic E-state index is 12.5. The van der Waals surface area contributed by atoms with Crippen molar-refractivity contribution in [2.45, 2.75) is 6.54 Å². The highest BCUT2D eigenvalue weighted by Gasteiger charge is 2.19. The number of ether oxygens (including phenoxy) is 1. The summed E-state index contributed by atoms with van der Waals surface area (Å²) < 4.78 is 7.82. The lowest BCUT2D eigenvalue weighted by Crippen LogP contribution is -2.15. The van der Waals surface area contributed by atoms with E-state index in [1.54, 1.807) is 19.2 Å². The third-order valence-electron chi connectivity index (χ3n) is 4.34. The molecule has 3 heteroatoms. The standard InChI is InChI=1S/C21H17NO2/c1-24-21-17-11-6-5-10-16(17)20-18(12-7-13-19(20)23)22(21)14-15-8-3-2-4-9-15/h2-13H,14H2,1H3. The fraction of sp³-hybridized carbons (Fsp3) is 0.0952. The second kappa shape index (κ2) is 5.85. The molecule has 1 heterocycles. The van der Waals surface area contributed by atoms with E-state index >= 15 is 0 Å². The van der Waals surface area contributed by atoms with Crippen molar-refractivity contribution in [3.63, 3.8) is 0 Å². The number of fused-ring (bicyclic) bond motifs is 3. The number of rotatable bonds is 3. The van der Waals surface area contributed by atoms with Crippen LogP contribution in [0.25, 0.3) is 22.0 Å². The lowest BCUT2D eigenvalue weighted by Gasteiger charge is -2.22. The van der Waals surface area contributed by atoms with Gasteiger partial charge in [0.15, 0.2) is 5.43 Å². The molecular formula is C21H17NO2. The van der Waals surface area contributed by atoms with Crippen LogP contribution in [0.1, 0.15) is 5.56 Å². The Labute approximate surface area is 140 Å². The summed E-state index contributed by atoms with van der Waals surface area (Å²) in [5.41, 5.74) is 2.83. The molecule has 0 saturated heterocycles. The molecule has 2 aliphatic rings. The van der Waals surface area contributed by atoms with Gasteiger partial charge in [-0.25, -0.2) is 0 Å². The Morgan fingerprint density at radius 2 is 1.54 bits per heavy atom.